The first-order valence-corrected chi connectivity index (χ1v) is 7.43. The van der Waals surface area contributed by atoms with Gasteiger partial charge < -0.3 is 0 Å². The summed E-state index contributed by atoms with van der Waals surface area (Å²) >= 11 is 0. The highest BCUT2D eigenvalue weighted by atomic mass is 14.2. The van der Waals surface area contributed by atoms with E-state index >= 15 is 0 Å². The third-order valence-corrected chi connectivity index (χ3v) is 3.37. The Kier molecular flexibility index (Phi) is 5.17. The van der Waals surface area contributed by atoms with Gasteiger partial charge >= 0.3 is 0 Å². The third kappa shape index (κ3) is 3.37. The van der Waals surface area contributed by atoms with Gasteiger partial charge in [-0.05, 0) is 33.2 Å². The molecule has 0 nitrogen and oxygen atoms in total. The lowest BCUT2D eigenvalue weighted by molar-refractivity contribution is 0.595. The van der Waals surface area contributed by atoms with Crippen molar-refractivity contribution in [1.29, 1.82) is 0 Å². The summed E-state index contributed by atoms with van der Waals surface area (Å²) in [5.41, 5.74) is 3.12. The van der Waals surface area contributed by atoms with Gasteiger partial charge in [0.15, 0.2) is 0 Å². The lowest BCUT2D eigenvalue weighted by Gasteiger charge is -2.24. The minimum absolute atomic E-state index is 0.199. The second kappa shape index (κ2) is 6.23. The maximum atomic E-state index is 2.29. The molecule has 0 spiro atoms. The largest absolute Gasteiger partial charge is 0.0683 e. The topological polar surface area (TPSA) is 0 Å². The highest BCUT2D eigenvalue weighted by Gasteiger charge is 2.18. The van der Waals surface area contributed by atoms with Gasteiger partial charge in [-0.3, -0.25) is 0 Å². The van der Waals surface area contributed by atoms with Gasteiger partial charge in [0.05, 0.1) is 0 Å². The zero-order valence-electron chi connectivity index (χ0n) is 13.5. The molecule has 0 saturated heterocycles. The van der Waals surface area contributed by atoms with Crippen LogP contribution in [0.4, 0.5) is 0 Å². The highest BCUT2D eigenvalue weighted by molar-refractivity contribution is 5.90. The summed E-state index contributed by atoms with van der Waals surface area (Å²) in [6.45, 7) is 15.4. The summed E-state index contributed by atoms with van der Waals surface area (Å²) in [6.07, 6.45) is 0. The van der Waals surface area contributed by atoms with Gasteiger partial charge in [-0.2, -0.15) is 0 Å². The molecule has 0 unspecified atom stereocenters. The van der Waals surface area contributed by atoms with Crippen molar-refractivity contribution in [3.63, 3.8) is 0 Å². The fourth-order valence-electron chi connectivity index (χ4n) is 2.48. The second-order valence-corrected chi connectivity index (χ2v) is 6.16. The lowest BCUT2D eigenvalue weighted by atomic mass is 9.81. The molecule has 0 aliphatic carbocycles. The van der Waals surface area contributed by atoms with Crippen molar-refractivity contribution in [2.75, 3.05) is 0 Å². The first kappa shape index (κ1) is 15.8. The molecule has 0 aromatic heterocycles. The summed E-state index contributed by atoms with van der Waals surface area (Å²) in [7, 11) is 0. The Bertz CT molecular complexity index is 522. The van der Waals surface area contributed by atoms with Crippen molar-refractivity contribution in [2.24, 2.45) is 0 Å². The van der Waals surface area contributed by atoms with Crippen LogP contribution in [0.2, 0.25) is 0 Å². The van der Waals surface area contributed by atoms with Gasteiger partial charge in [-0.15, -0.1) is 0 Å². The Balaban J connectivity index is 0.000000861. The van der Waals surface area contributed by atoms with Crippen LogP contribution in [0.3, 0.4) is 0 Å². The first-order chi connectivity index (χ1) is 8.91. The van der Waals surface area contributed by atoms with E-state index in [0.29, 0.717) is 5.92 Å². The smallest absolute Gasteiger partial charge is 0.0112 e. The normalized spacial score (nSPS) is 11.4. The summed E-state index contributed by atoms with van der Waals surface area (Å²) in [5, 5.41) is 2.82. The van der Waals surface area contributed by atoms with Crippen LogP contribution in [0.25, 0.3) is 10.8 Å². The monoisotopic (exact) mass is 256 g/mol. The Morgan fingerprint density at radius 1 is 0.842 bits per heavy atom. The van der Waals surface area contributed by atoms with E-state index < -0.39 is 0 Å². The van der Waals surface area contributed by atoms with Gasteiger partial charge in [0.1, 0.15) is 0 Å². The Morgan fingerprint density at radius 2 is 1.37 bits per heavy atom. The Labute approximate surface area is 118 Å². The van der Waals surface area contributed by atoms with Crippen LogP contribution in [0.5, 0.6) is 0 Å². The van der Waals surface area contributed by atoms with Gasteiger partial charge in [-0.1, -0.05) is 84.9 Å². The van der Waals surface area contributed by atoms with E-state index in [0.717, 1.165) is 0 Å². The van der Waals surface area contributed by atoms with Crippen molar-refractivity contribution in [3.05, 3.63) is 47.5 Å². The maximum Gasteiger partial charge on any atom is -0.0112 e. The van der Waals surface area contributed by atoms with Crippen LogP contribution in [-0.2, 0) is 5.41 Å². The van der Waals surface area contributed by atoms with Crippen molar-refractivity contribution < 1.29 is 0 Å². The Morgan fingerprint density at radius 3 is 1.84 bits per heavy atom. The van der Waals surface area contributed by atoms with E-state index in [4.69, 9.17) is 0 Å². The van der Waals surface area contributed by atoms with Gasteiger partial charge in [-0.25, -0.2) is 0 Å². The molecule has 0 amide bonds. The summed E-state index contributed by atoms with van der Waals surface area (Å²) in [5.74, 6) is 0.571. The van der Waals surface area contributed by atoms with Gasteiger partial charge in [0, 0.05) is 0 Å². The van der Waals surface area contributed by atoms with Gasteiger partial charge in [0.25, 0.3) is 0 Å². The molecule has 0 bridgehead atoms. The minimum Gasteiger partial charge on any atom is -0.0683 e. The Hall–Kier alpha value is -1.30. The predicted molar refractivity (Wildman–Crippen MR) is 88.1 cm³/mol. The van der Waals surface area contributed by atoms with E-state index in [1.54, 1.807) is 0 Å². The van der Waals surface area contributed by atoms with E-state index in [2.05, 4.69) is 71.0 Å². The molecule has 0 atom stereocenters. The van der Waals surface area contributed by atoms with E-state index in [1.165, 1.54) is 21.9 Å². The second-order valence-electron chi connectivity index (χ2n) is 6.16. The SMILES string of the molecule is CC.CC(C)c1cccc2cccc(C(C)(C)C)c12. The molecule has 0 heterocycles. The van der Waals surface area contributed by atoms with Crippen LogP contribution in [0.15, 0.2) is 36.4 Å². The highest BCUT2D eigenvalue weighted by Crippen LogP contribution is 2.34. The average molecular weight is 256 g/mol. The number of benzene rings is 2. The summed E-state index contributed by atoms with van der Waals surface area (Å²) < 4.78 is 0. The fraction of sp³-hybridized carbons (Fsp3) is 0.474. The summed E-state index contributed by atoms with van der Waals surface area (Å²) in [6, 6.07) is 13.3. The van der Waals surface area contributed by atoms with E-state index in [-0.39, 0.29) is 5.41 Å². The molecule has 0 fully saturated rings. The fourth-order valence-corrected chi connectivity index (χ4v) is 2.48. The molecule has 2 rings (SSSR count). The molecule has 0 radical (unpaired) electrons. The van der Waals surface area contributed by atoms with Crippen LogP contribution in [-0.4, -0.2) is 0 Å². The average Bonchev–Trinajstić information content (AvgIpc) is 2.38. The number of hydrogen-bond donors (Lipinski definition) is 0. The van der Waals surface area contributed by atoms with Crippen molar-refractivity contribution in [2.45, 2.75) is 59.8 Å². The lowest BCUT2D eigenvalue weighted by Crippen LogP contribution is -2.12. The molecule has 0 N–H and O–H groups in total. The van der Waals surface area contributed by atoms with Gasteiger partial charge in [0.2, 0.25) is 0 Å². The number of fused-ring (bicyclic) bond motifs is 1. The number of hydrogen-bond acceptors (Lipinski definition) is 0. The molecule has 104 valence electrons. The molecule has 2 aromatic rings. The quantitative estimate of drug-likeness (QED) is 0.562. The number of rotatable bonds is 1. The van der Waals surface area contributed by atoms with Crippen LogP contribution < -0.4 is 0 Å². The minimum atomic E-state index is 0.199. The van der Waals surface area contributed by atoms with Crippen LogP contribution in [0.1, 0.15) is 65.5 Å². The first-order valence-electron chi connectivity index (χ1n) is 7.43. The zero-order valence-corrected chi connectivity index (χ0v) is 13.5. The maximum absolute atomic E-state index is 2.29. The third-order valence-electron chi connectivity index (χ3n) is 3.37. The molecule has 2 aromatic carbocycles. The zero-order chi connectivity index (χ0) is 14.6. The standard InChI is InChI=1S/C17H22.C2H6/c1-12(2)14-10-6-8-13-9-7-11-15(16(13)14)17(3,4)5;1-2/h6-12H,1-5H3;1-2H3. The van der Waals surface area contributed by atoms with Crippen LogP contribution in [0, 0.1) is 0 Å². The van der Waals surface area contributed by atoms with E-state index in [1.807, 2.05) is 13.8 Å². The molecule has 0 aliphatic heterocycles. The molecule has 19 heavy (non-hydrogen) atoms. The predicted octanol–water partition coefficient (Wildman–Crippen LogP) is 6.29. The van der Waals surface area contributed by atoms with E-state index in [9.17, 15) is 0 Å². The van der Waals surface area contributed by atoms with Crippen molar-refractivity contribution in [1.82, 2.24) is 0 Å². The van der Waals surface area contributed by atoms with Crippen LogP contribution >= 0.6 is 0 Å². The summed E-state index contributed by atoms with van der Waals surface area (Å²) in [4.78, 5) is 0. The molecular weight excluding hydrogens is 228 g/mol. The molecular formula is C19H28. The molecule has 0 saturated carbocycles. The molecule has 0 heteroatoms. The molecule has 0 aliphatic rings. The van der Waals surface area contributed by atoms with Crippen molar-refractivity contribution in [3.8, 4) is 0 Å². The van der Waals surface area contributed by atoms with Crippen molar-refractivity contribution >= 4 is 10.8 Å².